The number of hydrogen-bond donors (Lipinski definition) is 2. The molecule has 0 bridgehead atoms. The van der Waals surface area contributed by atoms with Gasteiger partial charge in [0.1, 0.15) is 0 Å². The van der Waals surface area contributed by atoms with Crippen molar-refractivity contribution >= 4 is 22.7 Å². The number of H-pyrrole nitrogens is 1. The highest BCUT2D eigenvalue weighted by atomic mass is 32.2. The molecular weight excluding hydrogens is 240 g/mol. The monoisotopic (exact) mass is 260 g/mol. The normalized spacial score (nSPS) is 19.7. The topological polar surface area (TPSA) is 27.8 Å². The summed E-state index contributed by atoms with van der Waals surface area (Å²) in [7, 11) is 0. The summed E-state index contributed by atoms with van der Waals surface area (Å²) in [5.74, 6) is 3.60. The van der Waals surface area contributed by atoms with Crippen LogP contribution in [0, 0.1) is 5.92 Å². The van der Waals surface area contributed by atoms with Gasteiger partial charge in [0.15, 0.2) is 0 Å². The maximum atomic E-state index is 3.60. The highest BCUT2D eigenvalue weighted by Gasteiger charge is 2.14. The predicted molar refractivity (Wildman–Crippen MR) is 80.3 cm³/mol. The summed E-state index contributed by atoms with van der Waals surface area (Å²) in [6, 6.07) is 8.54. The molecule has 1 aliphatic rings. The summed E-state index contributed by atoms with van der Waals surface area (Å²) in [6.45, 7) is 2.28. The Morgan fingerprint density at radius 3 is 3.17 bits per heavy atom. The van der Waals surface area contributed by atoms with E-state index in [-0.39, 0.29) is 0 Å². The van der Waals surface area contributed by atoms with Gasteiger partial charge in [0.25, 0.3) is 0 Å². The van der Waals surface area contributed by atoms with Gasteiger partial charge in [-0.05, 0) is 55.0 Å². The minimum atomic E-state index is 0.901. The summed E-state index contributed by atoms with van der Waals surface area (Å²) in [5, 5.41) is 4.97. The summed E-state index contributed by atoms with van der Waals surface area (Å²) >= 11 is 2.09. The van der Waals surface area contributed by atoms with Crippen molar-refractivity contribution in [3.63, 3.8) is 0 Å². The standard InChI is InChI=1S/C15H20N2S/c1-2-4-15-14(3-1)13(10-17-15)5-7-16-9-12-6-8-18-11-12/h1-4,10,12,16-17H,5-9,11H2. The van der Waals surface area contributed by atoms with Crippen molar-refractivity contribution in [2.45, 2.75) is 12.8 Å². The van der Waals surface area contributed by atoms with E-state index in [0.29, 0.717) is 0 Å². The molecule has 1 aliphatic heterocycles. The largest absolute Gasteiger partial charge is 0.361 e. The van der Waals surface area contributed by atoms with Crippen LogP contribution < -0.4 is 5.32 Å². The number of nitrogens with one attached hydrogen (secondary N) is 2. The number of para-hydroxylation sites is 1. The van der Waals surface area contributed by atoms with E-state index in [1.165, 1.54) is 40.9 Å². The van der Waals surface area contributed by atoms with Gasteiger partial charge >= 0.3 is 0 Å². The fraction of sp³-hybridized carbons (Fsp3) is 0.467. The lowest BCUT2D eigenvalue weighted by Crippen LogP contribution is -2.24. The summed E-state index contributed by atoms with van der Waals surface area (Å²) < 4.78 is 0. The fourth-order valence-electron chi connectivity index (χ4n) is 2.61. The molecule has 2 nitrogen and oxygen atoms in total. The first-order valence-corrected chi connectivity index (χ1v) is 7.92. The van der Waals surface area contributed by atoms with Gasteiger partial charge in [-0.3, -0.25) is 0 Å². The molecule has 1 unspecified atom stereocenters. The highest BCUT2D eigenvalue weighted by Crippen LogP contribution is 2.22. The van der Waals surface area contributed by atoms with Crippen molar-refractivity contribution in [3.05, 3.63) is 36.0 Å². The van der Waals surface area contributed by atoms with E-state index >= 15 is 0 Å². The molecule has 0 amide bonds. The second-order valence-electron chi connectivity index (χ2n) is 5.04. The SMILES string of the molecule is c1ccc2c(CCNCC3CCSC3)c[nH]c2c1. The minimum Gasteiger partial charge on any atom is -0.361 e. The van der Waals surface area contributed by atoms with Crippen molar-refractivity contribution in [1.82, 2.24) is 10.3 Å². The smallest absolute Gasteiger partial charge is 0.0456 e. The molecule has 2 N–H and O–H groups in total. The van der Waals surface area contributed by atoms with Gasteiger partial charge in [0, 0.05) is 17.1 Å². The number of aromatic nitrogens is 1. The lowest BCUT2D eigenvalue weighted by atomic mass is 10.1. The second kappa shape index (κ2) is 5.81. The van der Waals surface area contributed by atoms with Crippen molar-refractivity contribution < 1.29 is 0 Å². The third-order valence-corrected chi connectivity index (χ3v) is 4.93. The molecule has 1 aromatic heterocycles. The maximum absolute atomic E-state index is 3.60. The number of fused-ring (bicyclic) bond motifs is 1. The Bertz CT molecular complexity index is 500. The molecule has 3 heteroatoms. The molecule has 2 aromatic rings. The molecule has 1 atom stereocenters. The van der Waals surface area contributed by atoms with E-state index in [9.17, 15) is 0 Å². The highest BCUT2D eigenvalue weighted by molar-refractivity contribution is 7.99. The molecular formula is C15H20N2S. The van der Waals surface area contributed by atoms with Crippen molar-refractivity contribution in [1.29, 1.82) is 0 Å². The molecule has 0 aliphatic carbocycles. The zero-order chi connectivity index (χ0) is 12.2. The van der Waals surface area contributed by atoms with Crippen LogP contribution in [-0.2, 0) is 6.42 Å². The first-order valence-electron chi connectivity index (χ1n) is 6.77. The molecule has 0 spiro atoms. The first-order chi connectivity index (χ1) is 8.93. The van der Waals surface area contributed by atoms with E-state index in [1.54, 1.807) is 0 Å². The number of rotatable bonds is 5. The van der Waals surface area contributed by atoms with Crippen LogP contribution in [0.2, 0.25) is 0 Å². The molecule has 2 heterocycles. The van der Waals surface area contributed by atoms with Crippen LogP contribution in [0.4, 0.5) is 0 Å². The lowest BCUT2D eigenvalue weighted by Gasteiger charge is -2.09. The van der Waals surface area contributed by atoms with Gasteiger partial charge in [-0.2, -0.15) is 11.8 Å². The third kappa shape index (κ3) is 2.73. The minimum absolute atomic E-state index is 0.901. The van der Waals surface area contributed by atoms with Crippen LogP contribution in [0.15, 0.2) is 30.5 Å². The average molecular weight is 260 g/mol. The third-order valence-electron chi connectivity index (χ3n) is 3.70. The Morgan fingerprint density at radius 1 is 1.33 bits per heavy atom. The molecule has 18 heavy (non-hydrogen) atoms. The second-order valence-corrected chi connectivity index (χ2v) is 6.19. The Labute approximate surface area is 113 Å². The molecule has 0 radical (unpaired) electrons. The van der Waals surface area contributed by atoms with Crippen molar-refractivity contribution in [2.24, 2.45) is 5.92 Å². The number of hydrogen-bond acceptors (Lipinski definition) is 2. The Kier molecular flexibility index (Phi) is 3.91. The van der Waals surface area contributed by atoms with Gasteiger partial charge in [-0.15, -0.1) is 0 Å². The van der Waals surface area contributed by atoms with E-state index in [2.05, 4.69) is 52.5 Å². The number of aromatic amines is 1. The molecule has 1 fully saturated rings. The summed E-state index contributed by atoms with van der Waals surface area (Å²) in [4.78, 5) is 3.34. The van der Waals surface area contributed by atoms with E-state index < -0.39 is 0 Å². The van der Waals surface area contributed by atoms with Crippen LogP contribution >= 0.6 is 11.8 Å². The molecule has 1 saturated heterocycles. The lowest BCUT2D eigenvalue weighted by molar-refractivity contribution is 0.526. The Balaban J connectivity index is 1.50. The van der Waals surface area contributed by atoms with Gasteiger partial charge in [-0.1, -0.05) is 18.2 Å². The van der Waals surface area contributed by atoms with E-state index in [4.69, 9.17) is 0 Å². The predicted octanol–water partition coefficient (Wildman–Crippen LogP) is 3.05. The zero-order valence-corrected chi connectivity index (χ0v) is 11.4. The summed E-state index contributed by atoms with van der Waals surface area (Å²) in [5.41, 5.74) is 2.68. The molecule has 1 aromatic carbocycles. The fourth-order valence-corrected chi connectivity index (χ4v) is 3.90. The summed E-state index contributed by atoms with van der Waals surface area (Å²) in [6.07, 6.45) is 4.66. The number of benzene rings is 1. The van der Waals surface area contributed by atoms with Crippen molar-refractivity contribution in [2.75, 3.05) is 24.6 Å². The molecule has 3 rings (SSSR count). The van der Waals surface area contributed by atoms with Gasteiger partial charge in [0.2, 0.25) is 0 Å². The van der Waals surface area contributed by atoms with Crippen LogP contribution in [0.3, 0.4) is 0 Å². The Hall–Kier alpha value is -0.930. The van der Waals surface area contributed by atoms with Gasteiger partial charge in [0.05, 0.1) is 0 Å². The number of thioether (sulfide) groups is 1. The molecule has 0 saturated carbocycles. The van der Waals surface area contributed by atoms with Crippen LogP contribution in [0.25, 0.3) is 10.9 Å². The van der Waals surface area contributed by atoms with Crippen LogP contribution in [-0.4, -0.2) is 29.6 Å². The Morgan fingerprint density at radius 2 is 2.28 bits per heavy atom. The van der Waals surface area contributed by atoms with E-state index in [1.807, 2.05) is 0 Å². The van der Waals surface area contributed by atoms with Gasteiger partial charge in [-0.25, -0.2) is 0 Å². The maximum Gasteiger partial charge on any atom is 0.0456 e. The molecule has 96 valence electrons. The quantitative estimate of drug-likeness (QED) is 0.809. The zero-order valence-electron chi connectivity index (χ0n) is 10.6. The van der Waals surface area contributed by atoms with E-state index in [0.717, 1.165) is 18.9 Å². The van der Waals surface area contributed by atoms with Gasteiger partial charge < -0.3 is 10.3 Å². The average Bonchev–Trinajstić information content (AvgIpc) is 3.04. The van der Waals surface area contributed by atoms with Crippen molar-refractivity contribution in [3.8, 4) is 0 Å². The van der Waals surface area contributed by atoms with Crippen LogP contribution in [0.1, 0.15) is 12.0 Å². The van der Waals surface area contributed by atoms with Crippen LogP contribution in [0.5, 0.6) is 0 Å². The first kappa shape index (κ1) is 12.1.